The van der Waals surface area contributed by atoms with E-state index in [1.807, 2.05) is 0 Å². The average molecular weight is 465 g/mol. The molecular formula is C23H13ClN2O7. The third-order valence-corrected chi connectivity index (χ3v) is 5.22. The molecule has 3 aromatic carbocycles. The van der Waals surface area contributed by atoms with Crippen molar-refractivity contribution in [1.82, 2.24) is 0 Å². The SMILES string of the molecule is O=C(O)c1ccc(N2C(=O)c3ccc(C(=O)Nc4ccc(Cl)cc4C(=O)O)cc3C2=O)cc1. The van der Waals surface area contributed by atoms with Crippen LogP contribution in [0, 0.1) is 0 Å². The molecule has 9 nitrogen and oxygen atoms in total. The maximum atomic E-state index is 12.9. The molecule has 0 bridgehead atoms. The molecule has 0 spiro atoms. The Morgan fingerprint density at radius 2 is 1.39 bits per heavy atom. The fraction of sp³-hybridized carbons (Fsp3) is 0. The number of hydrogen-bond acceptors (Lipinski definition) is 5. The number of carboxylic acids is 2. The van der Waals surface area contributed by atoms with Gasteiger partial charge in [0.2, 0.25) is 0 Å². The summed E-state index contributed by atoms with van der Waals surface area (Å²) in [6.45, 7) is 0. The Morgan fingerprint density at radius 3 is 2.03 bits per heavy atom. The molecule has 0 unspecified atom stereocenters. The lowest BCUT2D eigenvalue weighted by Gasteiger charge is -2.13. The van der Waals surface area contributed by atoms with Crippen molar-refractivity contribution in [3.8, 4) is 0 Å². The van der Waals surface area contributed by atoms with Crippen molar-refractivity contribution in [2.45, 2.75) is 0 Å². The van der Waals surface area contributed by atoms with E-state index >= 15 is 0 Å². The molecule has 3 aromatic rings. The summed E-state index contributed by atoms with van der Waals surface area (Å²) in [7, 11) is 0. The number of carbonyl (C=O) groups excluding carboxylic acids is 3. The van der Waals surface area contributed by atoms with Crippen LogP contribution in [0.3, 0.4) is 0 Å². The van der Waals surface area contributed by atoms with Crippen LogP contribution in [0.1, 0.15) is 51.8 Å². The first-order valence-electron chi connectivity index (χ1n) is 9.38. The van der Waals surface area contributed by atoms with Gasteiger partial charge in [0.25, 0.3) is 17.7 Å². The zero-order chi connectivity index (χ0) is 23.9. The minimum atomic E-state index is -1.29. The highest BCUT2D eigenvalue weighted by molar-refractivity contribution is 6.35. The molecule has 33 heavy (non-hydrogen) atoms. The van der Waals surface area contributed by atoms with Gasteiger partial charge in [0, 0.05) is 10.6 Å². The van der Waals surface area contributed by atoms with E-state index in [2.05, 4.69) is 5.32 Å². The summed E-state index contributed by atoms with van der Waals surface area (Å²) in [5, 5.41) is 21.0. The molecule has 1 aliphatic rings. The Morgan fingerprint density at radius 1 is 0.758 bits per heavy atom. The van der Waals surface area contributed by atoms with Gasteiger partial charge in [0.1, 0.15) is 0 Å². The van der Waals surface area contributed by atoms with Crippen molar-refractivity contribution < 1.29 is 34.2 Å². The molecule has 0 atom stereocenters. The molecule has 1 aliphatic heterocycles. The molecule has 1 heterocycles. The van der Waals surface area contributed by atoms with E-state index in [0.29, 0.717) is 0 Å². The maximum absolute atomic E-state index is 12.9. The molecule has 0 aromatic heterocycles. The topological polar surface area (TPSA) is 141 Å². The van der Waals surface area contributed by atoms with Crippen molar-refractivity contribution in [3.63, 3.8) is 0 Å². The van der Waals surface area contributed by atoms with Crippen LogP contribution >= 0.6 is 11.6 Å². The van der Waals surface area contributed by atoms with Crippen LogP contribution in [0.25, 0.3) is 0 Å². The van der Waals surface area contributed by atoms with Gasteiger partial charge in [0.05, 0.1) is 33.6 Å². The smallest absolute Gasteiger partial charge is 0.337 e. The van der Waals surface area contributed by atoms with Crippen molar-refractivity contribution in [2.24, 2.45) is 0 Å². The minimum Gasteiger partial charge on any atom is -0.478 e. The van der Waals surface area contributed by atoms with Crippen molar-refractivity contribution in [2.75, 3.05) is 10.2 Å². The Hall–Kier alpha value is -4.50. The van der Waals surface area contributed by atoms with E-state index in [9.17, 15) is 29.1 Å². The van der Waals surface area contributed by atoms with Gasteiger partial charge in [-0.15, -0.1) is 0 Å². The molecule has 3 amide bonds. The highest BCUT2D eigenvalue weighted by atomic mass is 35.5. The van der Waals surface area contributed by atoms with Crippen LogP contribution in [0.4, 0.5) is 11.4 Å². The summed E-state index contributed by atoms with van der Waals surface area (Å²) in [6.07, 6.45) is 0. The van der Waals surface area contributed by atoms with Crippen LogP contribution in [-0.2, 0) is 0 Å². The van der Waals surface area contributed by atoms with E-state index in [-0.39, 0.29) is 44.2 Å². The molecule has 0 saturated heterocycles. The van der Waals surface area contributed by atoms with E-state index in [4.69, 9.17) is 16.7 Å². The summed E-state index contributed by atoms with van der Waals surface area (Å²) >= 11 is 5.82. The lowest BCUT2D eigenvalue weighted by molar-refractivity contribution is 0.0686. The average Bonchev–Trinajstić information content (AvgIpc) is 3.04. The van der Waals surface area contributed by atoms with Crippen molar-refractivity contribution in [3.05, 3.63) is 93.5 Å². The van der Waals surface area contributed by atoms with E-state index in [1.54, 1.807) is 0 Å². The Bertz CT molecular complexity index is 1370. The lowest BCUT2D eigenvalue weighted by Crippen LogP contribution is -2.29. The van der Waals surface area contributed by atoms with Crippen LogP contribution in [0.5, 0.6) is 0 Å². The highest BCUT2D eigenvalue weighted by Crippen LogP contribution is 2.30. The van der Waals surface area contributed by atoms with Gasteiger partial charge >= 0.3 is 11.9 Å². The molecule has 0 fully saturated rings. The summed E-state index contributed by atoms with van der Waals surface area (Å²) in [5.41, 5.74) is 0.0891. The lowest BCUT2D eigenvalue weighted by atomic mass is 10.0. The van der Waals surface area contributed by atoms with Crippen LogP contribution in [-0.4, -0.2) is 39.9 Å². The Labute approximate surface area is 190 Å². The van der Waals surface area contributed by atoms with Crippen molar-refractivity contribution >= 4 is 52.6 Å². The van der Waals surface area contributed by atoms with Gasteiger partial charge in [-0.1, -0.05) is 11.6 Å². The second kappa shape index (κ2) is 8.21. The molecule has 0 radical (unpaired) electrons. The number of hydrogen-bond donors (Lipinski definition) is 3. The van der Waals surface area contributed by atoms with Crippen LogP contribution in [0.2, 0.25) is 5.02 Å². The Balaban J connectivity index is 1.62. The summed E-state index contributed by atoms with van der Waals surface area (Å²) in [6, 6.07) is 13.1. The van der Waals surface area contributed by atoms with E-state index in [1.165, 1.54) is 60.7 Å². The second-order valence-corrected chi connectivity index (χ2v) is 7.44. The van der Waals surface area contributed by atoms with Gasteiger partial charge in [-0.3, -0.25) is 14.4 Å². The number of imide groups is 1. The van der Waals surface area contributed by atoms with Crippen molar-refractivity contribution in [1.29, 1.82) is 0 Å². The summed E-state index contributed by atoms with van der Waals surface area (Å²) in [4.78, 5) is 61.7. The van der Waals surface area contributed by atoms with Crippen LogP contribution in [0.15, 0.2) is 60.7 Å². The third-order valence-electron chi connectivity index (χ3n) is 4.98. The molecule has 164 valence electrons. The number of carboxylic acid groups (broad SMARTS) is 2. The molecule has 3 N–H and O–H groups in total. The normalized spacial score (nSPS) is 12.5. The van der Waals surface area contributed by atoms with E-state index < -0.39 is 29.7 Å². The highest BCUT2D eigenvalue weighted by Gasteiger charge is 2.37. The van der Waals surface area contributed by atoms with Gasteiger partial charge in [-0.25, -0.2) is 14.5 Å². The zero-order valence-electron chi connectivity index (χ0n) is 16.5. The minimum absolute atomic E-state index is 0.00255. The molecule has 0 aliphatic carbocycles. The Kier molecular flexibility index (Phi) is 5.40. The fourth-order valence-electron chi connectivity index (χ4n) is 3.37. The molecule has 4 rings (SSSR count). The monoisotopic (exact) mass is 464 g/mol. The molecule has 10 heteroatoms. The summed E-state index contributed by atoms with van der Waals surface area (Å²) in [5.74, 6) is -4.41. The zero-order valence-corrected chi connectivity index (χ0v) is 17.3. The number of fused-ring (bicyclic) bond motifs is 1. The predicted octanol–water partition coefficient (Wildman–Crippen LogP) is 3.79. The quantitative estimate of drug-likeness (QED) is 0.488. The molecule has 0 saturated carbocycles. The first-order valence-corrected chi connectivity index (χ1v) is 9.75. The predicted molar refractivity (Wildman–Crippen MR) is 117 cm³/mol. The molecular weight excluding hydrogens is 452 g/mol. The van der Waals surface area contributed by atoms with Gasteiger partial charge in [-0.2, -0.15) is 0 Å². The number of amides is 3. The first-order chi connectivity index (χ1) is 15.7. The van der Waals surface area contributed by atoms with Gasteiger partial charge in [-0.05, 0) is 60.7 Å². The number of halogens is 1. The third kappa shape index (κ3) is 3.92. The van der Waals surface area contributed by atoms with Gasteiger partial charge in [0.15, 0.2) is 0 Å². The standard InChI is InChI=1S/C23H13ClN2O7/c24-13-4-8-18(17(10-13)23(32)33)25-19(27)12-3-7-15-16(9-12)21(29)26(20(15)28)14-5-1-11(2-6-14)22(30)31/h1-10H,(H,25,27)(H,30,31)(H,32,33). The number of benzene rings is 3. The summed E-state index contributed by atoms with van der Waals surface area (Å²) < 4.78 is 0. The number of aromatic carboxylic acids is 2. The van der Waals surface area contributed by atoms with E-state index in [0.717, 1.165) is 4.90 Å². The number of rotatable bonds is 5. The van der Waals surface area contributed by atoms with Gasteiger partial charge < -0.3 is 15.5 Å². The number of nitrogens with zero attached hydrogens (tertiary/aromatic N) is 1. The van der Waals surface area contributed by atoms with Crippen LogP contribution < -0.4 is 10.2 Å². The maximum Gasteiger partial charge on any atom is 0.337 e. The number of anilines is 2. The second-order valence-electron chi connectivity index (χ2n) is 7.01. The largest absolute Gasteiger partial charge is 0.478 e. The first kappa shape index (κ1) is 21.7. The number of carbonyl (C=O) groups is 5. The number of nitrogens with one attached hydrogen (secondary N) is 1. The fourth-order valence-corrected chi connectivity index (χ4v) is 3.54.